The second-order valence-corrected chi connectivity index (χ2v) is 8.11. The number of carbonyl (C=O) groups is 2. The highest BCUT2D eigenvalue weighted by Crippen LogP contribution is 2.50. The molecule has 3 aromatic rings. The maximum atomic E-state index is 12.7. The number of aromatic nitrogens is 1. The summed E-state index contributed by atoms with van der Waals surface area (Å²) in [4.78, 5) is 30.3. The normalized spacial score (nSPS) is 21.7. The van der Waals surface area contributed by atoms with Crippen LogP contribution in [0.3, 0.4) is 0 Å². The van der Waals surface area contributed by atoms with Gasteiger partial charge in [-0.15, -0.1) is 11.3 Å². The van der Waals surface area contributed by atoms with Crippen LogP contribution in [0.4, 0.5) is 0 Å². The van der Waals surface area contributed by atoms with E-state index in [2.05, 4.69) is 16.6 Å². The van der Waals surface area contributed by atoms with Gasteiger partial charge in [0.15, 0.2) is 11.5 Å². The molecule has 3 aromatic heterocycles. The van der Waals surface area contributed by atoms with Gasteiger partial charge in [0.2, 0.25) is 11.7 Å². The minimum absolute atomic E-state index is 0.104. The average Bonchev–Trinajstić information content (AvgIpc) is 3.21. The Morgan fingerprint density at radius 1 is 1.07 bits per heavy atom. The minimum Gasteiger partial charge on any atom is -0.461 e. The van der Waals surface area contributed by atoms with Crippen LogP contribution in [0.15, 0.2) is 50.9 Å². The molecule has 5 rings (SSSR count). The van der Waals surface area contributed by atoms with E-state index < -0.39 is 0 Å². The van der Waals surface area contributed by atoms with E-state index >= 15 is 0 Å². The van der Waals surface area contributed by atoms with Crippen LogP contribution < -0.4 is 0 Å². The van der Waals surface area contributed by atoms with Crippen molar-refractivity contribution in [1.82, 2.24) is 15.0 Å². The molecule has 0 unspecified atom stereocenters. The molecule has 0 spiro atoms. The molecule has 4 heterocycles. The van der Waals surface area contributed by atoms with Gasteiger partial charge in [0.25, 0.3) is 5.91 Å². The summed E-state index contributed by atoms with van der Waals surface area (Å²) in [5.74, 6) is 1.47. The molecule has 1 saturated carbocycles. The van der Waals surface area contributed by atoms with Crippen LogP contribution in [0.25, 0.3) is 11.5 Å². The van der Waals surface area contributed by atoms with Crippen molar-refractivity contribution < 1.29 is 18.5 Å². The Balaban J connectivity index is 1.17. The van der Waals surface area contributed by atoms with Gasteiger partial charge in [0, 0.05) is 49.0 Å². The Labute approximate surface area is 165 Å². The lowest BCUT2D eigenvalue weighted by molar-refractivity contribution is -0.134. The van der Waals surface area contributed by atoms with E-state index in [9.17, 15) is 9.59 Å². The Bertz CT molecular complexity index is 971. The minimum atomic E-state index is -0.184. The molecule has 0 radical (unpaired) electrons. The Kier molecular flexibility index (Phi) is 4.27. The summed E-state index contributed by atoms with van der Waals surface area (Å²) in [6.07, 6.45) is 2.48. The zero-order valence-electron chi connectivity index (χ0n) is 15.1. The quantitative estimate of drug-likeness (QED) is 0.676. The fourth-order valence-corrected chi connectivity index (χ4v) is 4.63. The van der Waals surface area contributed by atoms with Gasteiger partial charge < -0.3 is 18.7 Å². The molecule has 1 aliphatic heterocycles. The van der Waals surface area contributed by atoms with Crippen LogP contribution in [0.2, 0.25) is 0 Å². The number of nitrogens with zero attached hydrogens (tertiary/aromatic N) is 3. The molecule has 1 aliphatic carbocycles. The fourth-order valence-electron chi connectivity index (χ4n) is 3.72. The average molecular weight is 397 g/mol. The van der Waals surface area contributed by atoms with Gasteiger partial charge in [0.05, 0.1) is 6.26 Å². The molecule has 0 bridgehead atoms. The summed E-state index contributed by atoms with van der Waals surface area (Å²) in [6.45, 7) is 2.12. The monoisotopic (exact) mass is 397 g/mol. The van der Waals surface area contributed by atoms with E-state index in [1.807, 2.05) is 11.0 Å². The summed E-state index contributed by atoms with van der Waals surface area (Å²) in [5.41, 5.74) is 0.256. The highest BCUT2D eigenvalue weighted by atomic mass is 32.1. The third-order valence-corrected chi connectivity index (χ3v) is 6.39. The van der Waals surface area contributed by atoms with Gasteiger partial charge >= 0.3 is 0 Å². The summed E-state index contributed by atoms with van der Waals surface area (Å²) < 4.78 is 10.5. The molecule has 2 amide bonds. The maximum Gasteiger partial charge on any atom is 0.276 e. The first kappa shape index (κ1) is 17.2. The molecule has 2 atom stereocenters. The molecule has 8 heteroatoms. The lowest BCUT2D eigenvalue weighted by atomic mass is 10.2. The Morgan fingerprint density at radius 3 is 2.61 bits per heavy atom. The molecular weight excluding hydrogens is 378 g/mol. The van der Waals surface area contributed by atoms with Crippen LogP contribution in [0.5, 0.6) is 0 Å². The third-order valence-electron chi connectivity index (χ3n) is 5.39. The van der Waals surface area contributed by atoms with Gasteiger partial charge in [-0.3, -0.25) is 9.59 Å². The van der Waals surface area contributed by atoms with E-state index in [4.69, 9.17) is 8.94 Å². The lowest BCUT2D eigenvalue weighted by Crippen LogP contribution is -2.51. The smallest absolute Gasteiger partial charge is 0.276 e. The van der Waals surface area contributed by atoms with E-state index in [-0.39, 0.29) is 23.4 Å². The van der Waals surface area contributed by atoms with Gasteiger partial charge in [-0.1, -0.05) is 11.2 Å². The molecule has 0 aromatic carbocycles. The first-order valence-corrected chi connectivity index (χ1v) is 10.2. The molecule has 7 nitrogen and oxygen atoms in total. The van der Waals surface area contributed by atoms with Crippen LogP contribution in [0.1, 0.15) is 27.7 Å². The van der Waals surface area contributed by atoms with Gasteiger partial charge in [0.1, 0.15) is 0 Å². The van der Waals surface area contributed by atoms with E-state index in [1.165, 1.54) is 4.88 Å². The first-order chi connectivity index (χ1) is 13.7. The predicted molar refractivity (Wildman–Crippen MR) is 102 cm³/mol. The fraction of sp³-hybridized carbons (Fsp3) is 0.350. The zero-order chi connectivity index (χ0) is 19.1. The summed E-state index contributed by atoms with van der Waals surface area (Å²) in [6, 6.07) is 9.23. The Morgan fingerprint density at radius 2 is 1.89 bits per heavy atom. The molecule has 144 valence electrons. The van der Waals surface area contributed by atoms with Crippen molar-refractivity contribution >= 4 is 23.2 Å². The van der Waals surface area contributed by atoms with Gasteiger partial charge in [-0.2, -0.15) is 0 Å². The van der Waals surface area contributed by atoms with Crippen molar-refractivity contribution in [3.05, 3.63) is 52.5 Å². The summed E-state index contributed by atoms with van der Waals surface area (Å²) in [7, 11) is 0. The molecule has 2 aliphatic rings. The van der Waals surface area contributed by atoms with Crippen LogP contribution in [0, 0.1) is 5.92 Å². The van der Waals surface area contributed by atoms with Gasteiger partial charge in [-0.05, 0) is 30.0 Å². The van der Waals surface area contributed by atoms with Crippen LogP contribution in [-0.4, -0.2) is 52.9 Å². The summed E-state index contributed by atoms with van der Waals surface area (Å²) in [5, 5.41) is 5.93. The van der Waals surface area contributed by atoms with Crippen LogP contribution in [-0.2, 0) is 4.79 Å². The number of hydrogen-bond acceptors (Lipinski definition) is 6. The lowest BCUT2D eigenvalue weighted by Gasteiger charge is -2.34. The molecule has 1 saturated heterocycles. The number of hydrogen-bond donors (Lipinski definition) is 0. The standard InChI is InChI=1S/C20H19N3O4S/c24-19(14-11-13(14)18-4-2-10-28-18)22-5-7-23(8-6-22)20(25)15-12-17(27-21-15)16-3-1-9-26-16/h1-4,9-10,12-14H,5-8,11H2/t13-,14-/m1/s1. The largest absolute Gasteiger partial charge is 0.461 e. The first-order valence-electron chi connectivity index (χ1n) is 9.33. The predicted octanol–water partition coefficient (Wildman–Crippen LogP) is 3.08. The molecule has 0 N–H and O–H groups in total. The van der Waals surface area contributed by atoms with Crippen molar-refractivity contribution in [2.45, 2.75) is 12.3 Å². The zero-order valence-corrected chi connectivity index (χ0v) is 15.9. The second kappa shape index (κ2) is 6.94. The number of carbonyl (C=O) groups excluding carboxylic acids is 2. The van der Waals surface area contributed by atoms with E-state index in [0.717, 1.165) is 6.42 Å². The number of thiophene rings is 1. The number of amides is 2. The SMILES string of the molecule is O=C(c1cc(-c2ccco2)on1)N1CCN(C(=O)[C@@H]2C[C@H]2c2cccs2)CC1. The molecule has 28 heavy (non-hydrogen) atoms. The van der Waals surface area contributed by atoms with Crippen molar-refractivity contribution in [3.8, 4) is 11.5 Å². The topological polar surface area (TPSA) is 79.8 Å². The van der Waals surface area contributed by atoms with Gasteiger partial charge in [-0.25, -0.2) is 0 Å². The van der Waals surface area contributed by atoms with E-state index in [1.54, 1.807) is 40.7 Å². The van der Waals surface area contributed by atoms with Crippen molar-refractivity contribution in [2.24, 2.45) is 5.92 Å². The maximum absolute atomic E-state index is 12.7. The number of furan rings is 1. The Hall–Kier alpha value is -2.87. The highest BCUT2D eigenvalue weighted by Gasteiger charge is 2.46. The second-order valence-electron chi connectivity index (χ2n) is 7.14. The van der Waals surface area contributed by atoms with Crippen molar-refractivity contribution in [1.29, 1.82) is 0 Å². The number of piperazine rings is 1. The summed E-state index contributed by atoms with van der Waals surface area (Å²) >= 11 is 1.72. The van der Waals surface area contributed by atoms with Crippen molar-refractivity contribution in [3.63, 3.8) is 0 Å². The number of rotatable bonds is 4. The van der Waals surface area contributed by atoms with Crippen LogP contribution >= 0.6 is 11.3 Å². The third kappa shape index (κ3) is 3.13. The highest BCUT2D eigenvalue weighted by molar-refractivity contribution is 7.10. The molecular formula is C20H19N3O4S. The van der Waals surface area contributed by atoms with Crippen molar-refractivity contribution in [2.75, 3.05) is 26.2 Å². The molecule has 2 fully saturated rings. The van der Waals surface area contributed by atoms with E-state index in [0.29, 0.717) is 43.6 Å².